The summed E-state index contributed by atoms with van der Waals surface area (Å²) in [6.45, 7) is 1.98. The minimum atomic E-state index is 0.0425. The van der Waals surface area contributed by atoms with Crippen molar-refractivity contribution in [2.45, 2.75) is 19.3 Å². The summed E-state index contributed by atoms with van der Waals surface area (Å²) in [4.78, 5) is 25.0. The molecule has 106 valence electrons. The van der Waals surface area contributed by atoms with Crippen LogP contribution in [0.5, 0.6) is 0 Å². The van der Waals surface area contributed by atoms with Crippen molar-refractivity contribution in [3.05, 3.63) is 17.7 Å². The van der Waals surface area contributed by atoms with Crippen LogP contribution in [0.4, 0.5) is 17.1 Å². The lowest BCUT2D eigenvalue weighted by molar-refractivity contribution is -0.120. The SMILES string of the molecule is Nc1cc2c(cc1N1CCNC(=O)CC1)NC(=O)CC2. The fourth-order valence-corrected chi connectivity index (χ4v) is 2.72. The van der Waals surface area contributed by atoms with Crippen LogP contribution in [0.3, 0.4) is 0 Å². The molecule has 1 aromatic rings. The molecule has 0 aliphatic carbocycles. The standard InChI is InChI=1S/C14H18N4O2/c15-10-7-9-1-2-14(20)17-11(9)8-12(10)18-5-3-13(19)16-4-6-18/h7-8H,1-6,15H2,(H,16,19)(H,17,20). The van der Waals surface area contributed by atoms with E-state index in [2.05, 4.69) is 15.5 Å². The number of nitrogens with one attached hydrogen (secondary N) is 2. The minimum absolute atomic E-state index is 0.0425. The van der Waals surface area contributed by atoms with Gasteiger partial charge in [0.1, 0.15) is 0 Å². The van der Waals surface area contributed by atoms with E-state index in [-0.39, 0.29) is 11.8 Å². The number of carbonyl (C=O) groups is 2. The highest BCUT2D eigenvalue weighted by atomic mass is 16.2. The molecule has 2 amide bonds. The first kappa shape index (κ1) is 12.8. The number of benzene rings is 1. The topological polar surface area (TPSA) is 87.5 Å². The molecular formula is C14H18N4O2. The van der Waals surface area contributed by atoms with Gasteiger partial charge in [0.2, 0.25) is 11.8 Å². The lowest BCUT2D eigenvalue weighted by Crippen LogP contribution is -2.29. The van der Waals surface area contributed by atoms with Gasteiger partial charge in [0.15, 0.2) is 0 Å². The molecular weight excluding hydrogens is 256 g/mol. The zero-order valence-electron chi connectivity index (χ0n) is 11.2. The van der Waals surface area contributed by atoms with Gasteiger partial charge in [-0.05, 0) is 24.1 Å². The van der Waals surface area contributed by atoms with Crippen LogP contribution in [-0.4, -0.2) is 31.4 Å². The van der Waals surface area contributed by atoms with E-state index in [1.54, 1.807) is 0 Å². The molecule has 2 aliphatic rings. The Hall–Kier alpha value is -2.24. The highest BCUT2D eigenvalue weighted by Crippen LogP contribution is 2.33. The van der Waals surface area contributed by atoms with Crippen molar-refractivity contribution < 1.29 is 9.59 Å². The van der Waals surface area contributed by atoms with Crippen molar-refractivity contribution in [1.29, 1.82) is 0 Å². The van der Waals surface area contributed by atoms with Crippen LogP contribution in [0.15, 0.2) is 12.1 Å². The van der Waals surface area contributed by atoms with Crippen LogP contribution in [0.2, 0.25) is 0 Å². The summed E-state index contributed by atoms with van der Waals surface area (Å²) >= 11 is 0. The van der Waals surface area contributed by atoms with Gasteiger partial charge in [0.05, 0.1) is 11.4 Å². The van der Waals surface area contributed by atoms with Crippen molar-refractivity contribution in [1.82, 2.24) is 5.32 Å². The quantitative estimate of drug-likeness (QED) is 0.650. The number of carbonyl (C=O) groups excluding carboxylic acids is 2. The second kappa shape index (κ2) is 5.03. The first-order chi connectivity index (χ1) is 9.63. The van der Waals surface area contributed by atoms with Crippen LogP contribution in [0.25, 0.3) is 0 Å². The highest BCUT2D eigenvalue weighted by molar-refractivity contribution is 5.95. The van der Waals surface area contributed by atoms with E-state index in [1.807, 2.05) is 12.1 Å². The average Bonchev–Trinajstić information content (AvgIpc) is 2.63. The molecule has 20 heavy (non-hydrogen) atoms. The van der Waals surface area contributed by atoms with Crippen molar-refractivity contribution >= 4 is 28.9 Å². The zero-order chi connectivity index (χ0) is 14.1. The molecule has 0 unspecified atom stereocenters. The van der Waals surface area contributed by atoms with Crippen molar-refractivity contribution in [2.75, 3.05) is 35.6 Å². The fourth-order valence-electron chi connectivity index (χ4n) is 2.72. The maximum atomic E-state index is 11.5. The number of fused-ring (bicyclic) bond motifs is 1. The lowest BCUT2D eigenvalue weighted by atomic mass is 10.0. The van der Waals surface area contributed by atoms with Crippen LogP contribution >= 0.6 is 0 Å². The summed E-state index contributed by atoms with van der Waals surface area (Å²) in [6.07, 6.45) is 1.70. The predicted octanol–water partition coefficient (Wildman–Crippen LogP) is 0.480. The van der Waals surface area contributed by atoms with E-state index in [4.69, 9.17) is 5.73 Å². The van der Waals surface area contributed by atoms with Crippen LogP contribution in [0.1, 0.15) is 18.4 Å². The van der Waals surface area contributed by atoms with Crippen LogP contribution in [-0.2, 0) is 16.0 Å². The van der Waals surface area contributed by atoms with Gasteiger partial charge in [-0.3, -0.25) is 9.59 Å². The van der Waals surface area contributed by atoms with E-state index < -0.39 is 0 Å². The van der Waals surface area contributed by atoms with Crippen molar-refractivity contribution in [2.24, 2.45) is 0 Å². The molecule has 0 bridgehead atoms. The Kier molecular flexibility index (Phi) is 3.22. The number of nitrogen functional groups attached to an aromatic ring is 1. The molecule has 2 aliphatic heterocycles. The van der Waals surface area contributed by atoms with E-state index in [0.717, 1.165) is 29.9 Å². The van der Waals surface area contributed by atoms with E-state index in [9.17, 15) is 9.59 Å². The normalized spacial score (nSPS) is 18.9. The predicted molar refractivity (Wildman–Crippen MR) is 77.6 cm³/mol. The molecule has 6 heteroatoms. The van der Waals surface area contributed by atoms with Gasteiger partial charge in [-0.2, -0.15) is 0 Å². The fraction of sp³-hybridized carbons (Fsp3) is 0.429. The molecule has 0 aromatic heterocycles. The Balaban J connectivity index is 1.91. The van der Waals surface area contributed by atoms with E-state index >= 15 is 0 Å². The maximum Gasteiger partial charge on any atom is 0.224 e. The number of aryl methyl sites for hydroxylation is 1. The molecule has 4 N–H and O–H groups in total. The lowest BCUT2D eigenvalue weighted by Gasteiger charge is -2.26. The Bertz CT molecular complexity index is 571. The summed E-state index contributed by atoms with van der Waals surface area (Å²) in [7, 11) is 0. The summed E-state index contributed by atoms with van der Waals surface area (Å²) in [5.41, 5.74) is 9.65. The Labute approximate surface area is 117 Å². The van der Waals surface area contributed by atoms with E-state index in [0.29, 0.717) is 31.6 Å². The molecule has 3 rings (SSSR count). The second-order valence-electron chi connectivity index (χ2n) is 5.20. The maximum absolute atomic E-state index is 11.5. The summed E-state index contributed by atoms with van der Waals surface area (Å²) in [6, 6.07) is 3.86. The third-order valence-corrected chi connectivity index (χ3v) is 3.80. The number of nitrogens with two attached hydrogens (primary N) is 1. The van der Waals surface area contributed by atoms with Gasteiger partial charge in [-0.15, -0.1) is 0 Å². The zero-order valence-corrected chi connectivity index (χ0v) is 11.2. The first-order valence-corrected chi connectivity index (χ1v) is 6.87. The third-order valence-electron chi connectivity index (χ3n) is 3.80. The smallest absolute Gasteiger partial charge is 0.224 e. The molecule has 2 heterocycles. The number of amides is 2. The van der Waals surface area contributed by atoms with Gasteiger partial charge >= 0.3 is 0 Å². The molecule has 1 saturated heterocycles. The van der Waals surface area contributed by atoms with Gasteiger partial charge in [-0.25, -0.2) is 0 Å². The molecule has 1 aromatic carbocycles. The molecule has 6 nitrogen and oxygen atoms in total. The van der Waals surface area contributed by atoms with Crippen LogP contribution in [0, 0.1) is 0 Å². The molecule has 0 spiro atoms. The van der Waals surface area contributed by atoms with Crippen molar-refractivity contribution in [3.8, 4) is 0 Å². The van der Waals surface area contributed by atoms with Gasteiger partial charge in [0.25, 0.3) is 0 Å². The van der Waals surface area contributed by atoms with Crippen molar-refractivity contribution in [3.63, 3.8) is 0 Å². The monoisotopic (exact) mass is 274 g/mol. The second-order valence-corrected chi connectivity index (χ2v) is 5.20. The first-order valence-electron chi connectivity index (χ1n) is 6.87. The van der Waals surface area contributed by atoms with Crippen LogP contribution < -0.4 is 21.3 Å². The number of hydrogen-bond donors (Lipinski definition) is 3. The average molecular weight is 274 g/mol. The summed E-state index contributed by atoms with van der Waals surface area (Å²) in [5.74, 6) is 0.110. The number of hydrogen-bond acceptors (Lipinski definition) is 4. The molecule has 0 radical (unpaired) electrons. The van der Waals surface area contributed by atoms with Gasteiger partial charge in [0, 0.05) is 38.2 Å². The third kappa shape index (κ3) is 2.41. The Morgan fingerprint density at radius 3 is 2.75 bits per heavy atom. The van der Waals surface area contributed by atoms with Gasteiger partial charge in [-0.1, -0.05) is 0 Å². The molecule has 0 atom stereocenters. The highest BCUT2D eigenvalue weighted by Gasteiger charge is 2.20. The molecule has 0 saturated carbocycles. The van der Waals surface area contributed by atoms with Gasteiger partial charge < -0.3 is 21.3 Å². The molecule has 1 fully saturated rings. The Morgan fingerprint density at radius 2 is 1.90 bits per heavy atom. The Morgan fingerprint density at radius 1 is 1.05 bits per heavy atom. The minimum Gasteiger partial charge on any atom is -0.397 e. The number of anilines is 3. The summed E-state index contributed by atoms with van der Waals surface area (Å²) < 4.78 is 0. The number of nitrogens with zero attached hydrogens (tertiary/aromatic N) is 1. The largest absolute Gasteiger partial charge is 0.397 e. The summed E-state index contributed by atoms with van der Waals surface area (Å²) in [5, 5.41) is 5.73. The number of rotatable bonds is 1. The van der Waals surface area contributed by atoms with E-state index in [1.165, 1.54) is 0 Å².